The molecule has 0 saturated carbocycles. The van der Waals surface area contributed by atoms with E-state index in [9.17, 15) is 19.7 Å². The van der Waals surface area contributed by atoms with Crippen LogP contribution in [0.5, 0.6) is 0 Å². The molecule has 2 heterocycles. The largest absolute Gasteiger partial charge is 0.436 e. The van der Waals surface area contributed by atoms with Crippen LogP contribution in [0.2, 0.25) is 0 Å². The first-order valence-electron chi connectivity index (χ1n) is 11.7. The van der Waals surface area contributed by atoms with Crippen LogP contribution in [0.4, 0.5) is 11.4 Å². The van der Waals surface area contributed by atoms with Crippen LogP contribution in [-0.2, 0) is 5.41 Å². The molecule has 8 heteroatoms. The lowest BCUT2D eigenvalue weighted by Crippen LogP contribution is -2.40. The van der Waals surface area contributed by atoms with E-state index >= 15 is 0 Å². The Morgan fingerprint density at radius 3 is 2.27 bits per heavy atom. The van der Waals surface area contributed by atoms with Gasteiger partial charge in [0, 0.05) is 28.1 Å². The minimum absolute atomic E-state index is 0.0175. The molecule has 8 nitrogen and oxygen atoms in total. The summed E-state index contributed by atoms with van der Waals surface area (Å²) in [5, 5.41) is 12.0. The first-order chi connectivity index (χ1) is 17.6. The van der Waals surface area contributed by atoms with Gasteiger partial charge in [-0.3, -0.25) is 19.7 Å². The summed E-state index contributed by atoms with van der Waals surface area (Å²) in [6, 6.07) is 20.2. The Bertz CT molecular complexity index is 1760. The Kier molecular flexibility index (Phi) is 4.78. The van der Waals surface area contributed by atoms with Crippen LogP contribution in [0, 0.1) is 10.1 Å². The van der Waals surface area contributed by atoms with E-state index in [0.29, 0.717) is 28.1 Å². The molecule has 4 aromatic carbocycles. The van der Waals surface area contributed by atoms with Crippen LogP contribution in [0.1, 0.15) is 47.1 Å². The highest BCUT2D eigenvalue weighted by Crippen LogP contribution is 2.37. The zero-order valence-corrected chi connectivity index (χ0v) is 20.3. The number of amides is 2. The van der Waals surface area contributed by atoms with E-state index in [0.717, 1.165) is 16.0 Å². The number of carbonyl (C=O) groups excluding carboxylic acids is 2. The number of benzene rings is 4. The number of non-ortho nitro benzene ring substituents is 1. The minimum Gasteiger partial charge on any atom is -0.436 e. The highest BCUT2D eigenvalue weighted by molar-refractivity contribution is 6.36. The molecule has 37 heavy (non-hydrogen) atoms. The van der Waals surface area contributed by atoms with Gasteiger partial charge in [0.15, 0.2) is 5.58 Å². The third kappa shape index (κ3) is 3.48. The SMILES string of the molecule is CC(C)(C)c1ccc2oc(-c3ccc(N4C(=O)c5cccc6c([N+](=O)[O-])ccc(c56)C4=O)cc3)nc2c1. The molecule has 0 N–H and O–H groups in total. The number of nitro benzene ring substituents is 1. The molecule has 0 spiro atoms. The first-order valence-corrected chi connectivity index (χ1v) is 11.7. The highest BCUT2D eigenvalue weighted by atomic mass is 16.6. The van der Waals surface area contributed by atoms with E-state index in [-0.39, 0.29) is 27.6 Å². The molecule has 182 valence electrons. The van der Waals surface area contributed by atoms with Gasteiger partial charge in [-0.15, -0.1) is 0 Å². The topological polar surface area (TPSA) is 107 Å². The normalized spacial score (nSPS) is 13.5. The number of carbonyl (C=O) groups is 2. The van der Waals surface area contributed by atoms with E-state index in [1.165, 1.54) is 12.1 Å². The molecule has 0 atom stereocenters. The Morgan fingerprint density at radius 1 is 0.892 bits per heavy atom. The number of hydrogen-bond acceptors (Lipinski definition) is 6. The second-order valence-electron chi connectivity index (χ2n) is 10.1. The molecule has 6 rings (SSSR count). The lowest BCUT2D eigenvalue weighted by molar-refractivity contribution is -0.383. The fourth-order valence-corrected chi connectivity index (χ4v) is 4.75. The van der Waals surface area contributed by atoms with Gasteiger partial charge < -0.3 is 4.42 Å². The second kappa shape index (κ2) is 7.83. The third-order valence-electron chi connectivity index (χ3n) is 6.71. The van der Waals surface area contributed by atoms with Gasteiger partial charge in [0.2, 0.25) is 5.89 Å². The number of anilines is 1. The summed E-state index contributed by atoms with van der Waals surface area (Å²) in [6.07, 6.45) is 0. The number of nitrogens with zero attached hydrogens (tertiary/aromatic N) is 3. The van der Waals surface area contributed by atoms with Crippen molar-refractivity contribution in [2.75, 3.05) is 4.90 Å². The summed E-state index contributed by atoms with van der Waals surface area (Å²) >= 11 is 0. The summed E-state index contributed by atoms with van der Waals surface area (Å²) in [5.74, 6) is -0.632. The average molecular weight is 492 g/mol. The van der Waals surface area contributed by atoms with Gasteiger partial charge in [-0.2, -0.15) is 0 Å². The van der Waals surface area contributed by atoms with Crippen molar-refractivity contribution in [2.45, 2.75) is 26.2 Å². The molecule has 1 aliphatic heterocycles. The lowest BCUT2D eigenvalue weighted by Gasteiger charge is -2.27. The van der Waals surface area contributed by atoms with Crippen LogP contribution in [0.3, 0.4) is 0 Å². The molecule has 2 amide bonds. The standard InChI is InChI=1S/C29H21N3O5/c1-29(2,3)17-9-14-24-22(15-17)30-26(37-24)16-7-10-18(11-8-16)31-27(33)20-6-4-5-19-23(32(35)36)13-12-21(25(19)20)28(31)34/h4-15H,1-3H3. The van der Waals surface area contributed by atoms with Crippen molar-refractivity contribution in [1.82, 2.24) is 4.98 Å². The smallest absolute Gasteiger partial charge is 0.277 e. The molecule has 0 fully saturated rings. The first kappa shape index (κ1) is 22.6. The van der Waals surface area contributed by atoms with Gasteiger partial charge >= 0.3 is 0 Å². The van der Waals surface area contributed by atoms with E-state index in [1.54, 1.807) is 42.5 Å². The maximum Gasteiger partial charge on any atom is 0.277 e. The van der Waals surface area contributed by atoms with Crippen LogP contribution in [0.25, 0.3) is 33.3 Å². The third-order valence-corrected chi connectivity index (χ3v) is 6.71. The second-order valence-corrected chi connectivity index (χ2v) is 10.1. The van der Waals surface area contributed by atoms with Crippen LogP contribution < -0.4 is 4.90 Å². The zero-order chi connectivity index (χ0) is 26.1. The van der Waals surface area contributed by atoms with Crippen molar-refractivity contribution in [3.63, 3.8) is 0 Å². The zero-order valence-electron chi connectivity index (χ0n) is 20.3. The molecular formula is C29H21N3O5. The number of fused-ring (bicyclic) bond motifs is 1. The van der Waals surface area contributed by atoms with E-state index in [1.807, 2.05) is 18.2 Å². The van der Waals surface area contributed by atoms with E-state index < -0.39 is 16.7 Å². The predicted molar refractivity (Wildman–Crippen MR) is 140 cm³/mol. The van der Waals surface area contributed by atoms with Crippen molar-refractivity contribution in [2.24, 2.45) is 0 Å². The molecule has 0 saturated heterocycles. The maximum absolute atomic E-state index is 13.4. The maximum atomic E-state index is 13.4. The Balaban J connectivity index is 1.37. The molecule has 0 unspecified atom stereocenters. The van der Waals surface area contributed by atoms with Crippen molar-refractivity contribution >= 4 is 45.1 Å². The van der Waals surface area contributed by atoms with E-state index in [4.69, 9.17) is 4.42 Å². The number of imide groups is 1. The van der Waals surface area contributed by atoms with E-state index in [2.05, 4.69) is 25.8 Å². The van der Waals surface area contributed by atoms with Crippen molar-refractivity contribution in [3.8, 4) is 11.5 Å². The monoisotopic (exact) mass is 491 g/mol. The number of rotatable bonds is 3. The van der Waals surface area contributed by atoms with Gasteiger partial charge in [0.1, 0.15) is 5.52 Å². The van der Waals surface area contributed by atoms with Gasteiger partial charge in [-0.05, 0) is 65.6 Å². The summed E-state index contributed by atoms with van der Waals surface area (Å²) in [7, 11) is 0. The van der Waals surface area contributed by atoms with Gasteiger partial charge in [0.25, 0.3) is 17.5 Å². The minimum atomic E-state index is -0.534. The fraction of sp³-hybridized carbons (Fsp3) is 0.138. The average Bonchev–Trinajstić information content (AvgIpc) is 3.30. The molecule has 0 radical (unpaired) electrons. The molecule has 0 aliphatic carbocycles. The van der Waals surface area contributed by atoms with Crippen LogP contribution in [0.15, 0.2) is 77.2 Å². The number of aromatic nitrogens is 1. The molecule has 1 aliphatic rings. The Labute approximate surface area is 211 Å². The quantitative estimate of drug-likeness (QED) is 0.159. The van der Waals surface area contributed by atoms with Gasteiger partial charge in [-0.1, -0.05) is 32.9 Å². The van der Waals surface area contributed by atoms with Gasteiger partial charge in [0.05, 0.1) is 16.0 Å². The van der Waals surface area contributed by atoms with Crippen LogP contribution >= 0.6 is 0 Å². The summed E-state index contributed by atoms with van der Waals surface area (Å²) in [5.41, 5.74) is 3.99. The lowest BCUT2D eigenvalue weighted by atomic mass is 9.87. The van der Waals surface area contributed by atoms with Crippen molar-refractivity contribution in [1.29, 1.82) is 0 Å². The predicted octanol–water partition coefficient (Wildman–Crippen LogP) is 6.65. The summed E-state index contributed by atoms with van der Waals surface area (Å²) in [4.78, 5) is 43.5. The number of hydrogen-bond donors (Lipinski definition) is 0. The molecule has 5 aromatic rings. The summed E-state index contributed by atoms with van der Waals surface area (Å²) < 4.78 is 5.95. The molecular weight excluding hydrogens is 470 g/mol. The molecule has 0 bridgehead atoms. The van der Waals surface area contributed by atoms with Crippen molar-refractivity contribution in [3.05, 3.63) is 99.6 Å². The Morgan fingerprint density at radius 2 is 1.59 bits per heavy atom. The highest BCUT2D eigenvalue weighted by Gasteiger charge is 2.35. The van der Waals surface area contributed by atoms with Crippen LogP contribution in [-0.4, -0.2) is 21.7 Å². The Hall–Kier alpha value is -4.85. The van der Waals surface area contributed by atoms with Gasteiger partial charge in [-0.25, -0.2) is 9.88 Å². The number of oxazole rings is 1. The summed E-state index contributed by atoms with van der Waals surface area (Å²) in [6.45, 7) is 6.41. The molecule has 1 aromatic heterocycles. The fourth-order valence-electron chi connectivity index (χ4n) is 4.75. The van der Waals surface area contributed by atoms with Crippen molar-refractivity contribution < 1.29 is 18.9 Å². The number of nitro groups is 1.